The lowest BCUT2D eigenvalue weighted by molar-refractivity contribution is 0.443. The third-order valence-electron chi connectivity index (χ3n) is 6.11. The molecule has 2 N–H and O–H groups in total. The fourth-order valence-electron chi connectivity index (χ4n) is 4.23. The van der Waals surface area contributed by atoms with Crippen LogP contribution in [0.5, 0.6) is 11.5 Å². The van der Waals surface area contributed by atoms with Gasteiger partial charge in [-0.15, -0.1) is 11.3 Å². The number of piperidine rings is 1. The van der Waals surface area contributed by atoms with Crippen LogP contribution in [0.3, 0.4) is 0 Å². The van der Waals surface area contributed by atoms with Crippen molar-refractivity contribution in [3.63, 3.8) is 0 Å². The Morgan fingerprint density at radius 1 is 1.16 bits per heavy atom. The standard InChI is InChI=1S/C26H23FN6O2S2/c1-15-23-22(8-11-29-25(23)35-33-15)37-19-12-21(34-18-4-2-17(27)3-5-18)24(30-13-19)32-26-31-20(14-36-26)16-6-9-28-10-7-16/h2-5,8,11-14,16,28H,6-7,9-10H2,1H3,(H,30,31,32). The first-order valence-electron chi connectivity index (χ1n) is 11.9. The van der Waals surface area contributed by atoms with Crippen LogP contribution in [0.1, 0.15) is 30.1 Å². The molecule has 4 aromatic heterocycles. The molecule has 0 radical (unpaired) electrons. The van der Waals surface area contributed by atoms with E-state index < -0.39 is 0 Å². The normalized spacial score (nSPS) is 14.2. The molecule has 0 bridgehead atoms. The predicted molar refractivity (Wildman–Crippen MR) is 142 cm³/mol. The van der Waals surface area contributed by atoms with Crippen molar-refractivity contribution in [2.45, 2.75) is 35.5 Å². The zero-order valence-corrected chi connectivity index (χ0v) is 21.5. The molecule has 1 aliphatic heterocycles. The van der Waals surface area contributed by atoms with Gasteiger partial charge in [-0.05, 0) is 63.2 Å². The van der Waals surface area contributed by atoms with E-state index in [2.05, 4.69) is 31.1 Å². The molecule has 0 atom stereocenters. The van der Waals surface area contributed by atoms with Crippen LogP contribution < -0.4 is 15.4 Å². The third-order valence-corrected chi connectivity index (χ3v) is 7.91. The van der Waals surface area contributed by atoms with Crippen molar-refractivity contribution in [2.24, 2.45) is 0 Å². The van der Waals surface area contributed by atoms with Gasteiger partial charge >= 0.3 is 0 Å². The Bertz CT molecular complexity index is 1530. The second-order valence-corrected chi connectivity index (χ2v) is 10.6. The number of aryl methyl sites for hydroxylation is 1. The smallest absolute Gasteiger partial charge is 0.259 e. The Balaban J connectivity index is 1.30. The average molecular weight is 535 g/mol. The van der Waals surface area contributed by atoms with Gasteiger partial charge in [0.1, 0.15) is 11.6 Å². The van der Waals surface area contributed by atoms with Gasteiger partial charge in [-0.25, -0.2) is 19.3 Å². The van der Waals surface area contributed by atoms with Crippen LogP contribution in [-0.2, 0) is 0 Å². The first-order valence-corrected chi connectivity index (χ1v) is 13.6. The molecule has 1 aromatic carbocycles. The maximum atomic E-state index is 13.5. The van der Waals surface area contributed by atoms with Crippen molar-refractivity contribution in [3.8, 4) is 11.5 Å². The van der Waals surface area contributed by atoms with Gasteiger partial charge in [-0.3, -0.25) is 0 Å². The minimum atomic E-state index is -0.327. The summed E-state index contributed by atoms with van der Waals surface area (Å²) in [6, 6.07) is 9.72. The largest absolute Gasteiger partial charge is 0.453 e. The highest BCUT2D eigenvalue weighted by Crippen LogP contribution is 2.39. The fraction of sp³-hybridized carbons (Fsp3) is 0.231. The van der Waals surface area contributed by atoms with Crippen LogP contribution in [0.4, 0.5) is 15.3 Å². The number of nitrogens with one attached hydrogen (secondary N) is 2. The van der Waals surface area contributed by atoms with Crippen molar-refractivity contribution in [2.75, 3.05) is 18.4 Å². The molecular weight excluding hydrogens is 511 g/mol. The van der Waals surface area contributed by atoms with Crippen molar-refractivity contribution in [3.05, 3.63) is 71.4 Å². The third kappa shape index (κ3) is 5.29. The molecule has 0 unspecified atom stereocenters. The molecule has 5 heterocycles. The van der Waals surface area contributed by atoms with Gasteiger partial charge < -0.3 is 19.9 Å². The Kier molecular flexibility index (Phi) is 6.73. The molecule has 37 heavy (non-hydrogen) atoms. The number of thiazole rings is 1. The number of pyridine rings is 2. The molecular formula is C26H23FN6O2S2. The van der Waals surface area contributed by atoms with Crippen LogP contribution in [0.2, 0.25) is 0 Å². The second-order valence-electron chi connectivity index (χ2n) is 8.66. The lowest BCUT2D eigenvalue weighted by Gasteiger charge is -2.20. The maximum Gasteiger partial charge on any atom is 0.259 e. The van der Waals surface area contributed by atoms with E-state index in [1.165, 1.54) is 23.9 Å². The van der Waals surface area contributed by atoms with E-state index in [1.807, 2.05) is 19.1 Å². The Morgan fingerprint density at radius 2 is 2.00 bits per heavy atom. The number of aromatic nitrogens is 4. The van der Waals surface area contributed by atoms with Crippen molar-refractivity contribution >= 4 is 45.1 Å². The van der Waals surface area contributed by atoms with E-state index >= 15 is 0 Å². The zero-order valence-electron chi connectivity index (χ0n) is 19.9. The number of anilines is 2. The topological polar surface area (TPSA) is 98.0 Å². The molecule has 5 aromatic rings. The molecule has 6 rings (SSSR count). The Morgan fingerprint density at radius 3 is 2.84 bits per heavy atom. The SMILES string of the molecule is Cc1noc2nccc(Sc3cnc(Nc4nc(C5CCNCC5)cs4)c(Oc4ccc(F)cc4)c3)c12. The second kappa shape index (κ2) is 10.4. The van der Waals surface area contributed by atoms with Crippen LogP contribution in [0.25, 0.3) is 11.1 Å². The number of rotatable bonds is 7. The summed E-state index contributed by atoms with van der Waals surface area (Å²) in [7, 11) is 0. The first-order chi connectivity index (χ1) is 18.1. The number of hydrogen-bond donors (Lipinski definition) is 2. The summed E-state index contributed by atoms with van der Waals surface area (Å²) < 4.78 is 24.9. The van der Waals surface area contributed by atoms with Gasteiger partial charge in [-0.2, -0.15) is 0 Å². The van der Waals surface area contributed by atoms with E-state index in [9.17, 15) is 4.39 Å². The van der Waals surface area contributed by atoms with Gasteiger partial charge in [-0.1, -0.05) is 16.9 Å². The van der Waals surface area contributed by atoms with Crippen LogP contribution in [0, 0.1) is 12.7 Å². The van der Waals surface area contributed by atoms with Crippen LogP contribution >= 0.6 is 23.1 Å². The number of ether oxygens (including phenoxy) is 1. The van der Waals surface area contributed by atoms with Crippen molar-refractivity contribution in [1.82, 2.24) is 25.4 Å². The summed E-state index contributed by atoms with van der Waals surface area (Å²) in [5, 5.41) is 14.5. The molecule has 11 heteroatoms. The first kappa shape index (κ1) is 23.8. The van der Waals surface area contributed by atoms with E-state index in [0.717, 1.165) is 57.6 Å². The lowest BCUT2D eigenvalue weighted by atomic mass is 9.96. The molecule has 8 nitrogen and oxygen atoms in total. The minimum absolute atomic E-state index is 0.327. The molecule has 188 valence electrons. The maximum absolute atomic E-state index is 13.5. The summed E-state index contributed by atoms with van der Waals surface area (Å²) >= 11 is 3.06. The summed E-state index contributed by atoms with van der Waals surface area (Å²) in [6.07, 6.45) is 5.64. The van der Waals surface area contributed by atoms with Gasteiger partial charge in [0.2, 0.25) is 0 Å². The van der Waals surface area contributed by atoms with Gasteiger partial charge in [0.25, 0.3) is 5.71 Å². The van der Waals surface area contributed by atoms with Gasteiger partial charge in [0.05, 0.1) is 16.8 Å². The predicted octanol–water partition coefficient (Wildman–Crippen LogP) is 6.68. The highest BCUT2D eigenvalue weighted by atomic mass is 32.2. The minimum Gasteiger partial charge on any atom is -0.453 e. The quantitative estimate of drug-likeness (QED) is 0.237. The molecule has 0 saturated carbocycles. The average Bonchev–Trinajstić information content (AvgIpc) is 3.55. The van der Waals surface area contributed by atoms with E-state index in [4.69, 9.17) is 14.2 Å². The number of fused-ring (bicyclic) bond motifs is 1. The molecule has 1 fully saturated rings. The Hall–Kier alpha value is -3.54. The summed E-state index contributed by atoms with van der Waals surface area (Å²) in [5.74, 6) is 1.67. The number of hydrogen-bond acceptors (Lipinski definition) is 10. The summed E-state index contributed by atoms with van der Waals surface area (Å²) in [5.41, 5.74) is 2.37. The van der Waals surface area contributed by atoms with Crippen molar-refractivity contribution < 1.29 is 13.7 Å². The van der Waals surface area contributed by atoms with E-state index in [0.29, 0.717) is 28.9 Å². The summed E-state index contributed by atoms with van der Waals surface area (Å²) in [6.45, 7) is 3.91. The highest BCUT2D eigenvalue weighted by molar-refractivity contribution is 7.99. The summed E-state index contributed by atoms with van der Waals surface area (Å²) in [4.78, 5) is 15.5. The highest BCUT2D eigenvalue weighted by Gasteiger charge is 2.19. The molecule has 0 amide bonds. The number of benzene rings is 1. The van der Waals surface area contributed by atoms with Crippen molar-refractivity contribution in [1.29, 1.82) is 0 Å². The molecule has 1 aliphatic rings. The monoisotopic (exact) mass is 534 g/mol. The van der Waals surface area contributed by atoms with E-state index in [-0.39, 0.29) is 5.82 Å². The van der Waals surface area contributed by atoms with Gasteiger partial charge in [0.15, 0.2) is 16.7 Å². The molecule has 0 aliphatic carbocycles. The zero-order chi connectivity index (χ0) is 25.2. The molecule has 0 spiro atoms. The lowest BCUT2D eigenvalue weighted by Crippen LogP contribution is -2.26. The van der Waals surface area contributed by atoms with Gasteiger partial charge in [0, 0.05) is 39.5 Å². The Labute approximate surface area is 220 Å². The molecule has 1 saturated heterocycles. The number of nitrogens with zero attached hydrogens (tertiary/aromatic N) is 4. The van der Waals surface area contributed by atoms with Crippen LogP contribution in [0.15, 0.2) is 68.5 Å². The number of halogens is 1. The van der Waals surface area contributed by atoms with E-state index in [1.54, 1.807) is 35.9 Å². The van der Waals surface area contributed by atoms with Crippen LogP contribution in [-0.4, -0.2) is 33.2 Å². The fourth-order valence-corrected chi connectivity index (χ4v) is 6.01.